The molecule has 174 valence electrons. The average molecular weight is 473 g/mol. The number of nitriles is 1. The summed E-state index contributed by atoms with van der Waals surface area (Å²) in [5.74, 6) is -1.63. The fraction of sp³-hybridized carbons (Fsp3) is 0.550. The fourth-order valence-electron chi connectivity index (χ4n) is 4.07. The molecule has 3 rings (SSSR count). The molecule has 32 heavy (non-hydrogen) atoms. The first kappa shape index (κ1) is 24.0. The molecule has 12 heteroatoms. The Morgan fingerprint density at radius 3 is 2.50 bits per heavy atom. The minimum atomic E-state index is -4.89. The Labute approximate surface area is 183 Å². The molecular formula is C20H22F3N3O5S. The van der Waals surface area contributed by atoms with E-state index in [1.807, 2.05) is 0 Å². The number of likely N-dealkylation sites (tertiary alicyclic amines) is 1. The number of halogens is 3. The van der Waals surface area contributed by atoms with Crippen LogP contribution in [0.3, 0.4) is 0 Å². The van der Waals surface area contributed by atoms with Crippen LogP contribution in [0.15, 0.2) is 29.2 Å². The monoisotopic (exact) mass is 473 g/mol. The Hall–Kier alpha value is -2.65. The maximum atomic E-state index is 13.4. The number of benzene rings is 1. The number of sulfone groups is 1. The lowest BCUT2D eigenvalue weighted by Gasteiger charge is -2.29. The van der Waals surface area contributed by atoms with E-state index in [4.69, 9.17) is 10.00 Å². The highest BCUT2D eigenvalue weighted by Crippen LogP contribution is 2.38. The lowest BCUT2D eigenvalue weighted by Crippen LogP contribution is -2.48. The van der Waals surface area contributed by atoms with Crippen LogP contribution >= 0.6 is 0 Å². The van der Waals surface area contributed by atoms with Gasteiger partial charge in [0.2, 0.25) is 11.8 Å². The number of nitrogens with one attached hydrogen (secondary N) is 1. The van der Waals surface area contributed by atoms with E-state index < -0.39 is 62.0 Å². The second kappa shape index (κ2) is 9.46. The van der Waals surface area contributed by atoms with Crippen LogP contribution in [0.1, 0.15) is 24.8 Å². The molecule has 2 amide bonds. The number of ether oxygens (including phenoxy) is 1. The van der Waals surface area contributed by atoms with Crippen molar-refractivity contribution in [1.82, 2.24) is 10.2 Å². The van der Waals surface area contributed by atoms with Crippen molar-refractivity contribution in [2.45, 2.75) is 41.6 Å². The van der Waals surface area contributed by atoms with Gasteiger partial charge in [-0.2, -0.15) is 18.4 Å². The van der Waals surface area contributed by atoms with E-state index >= 15 is 0 Å². The lowest BCUT2D eigenvalue weighted by molar-refractivity contribution is -0.143. The van der Waals surface area contributed by atoms with Gasteiger partial charge in [-0.15, -0.1) is 0 Å². The summed E-state index contributed by atoms with van der Waals surface area (Å²) in [7, 11) is -4.52. The molecule has 1 aromatic carbocycles. The molecular weight excluding hydrogens is 451 g/mol. The number of hydrogen-bond acceptors (Lipinski definition) is 6. The third-order valence-electron chi connectivity index (χ3n) is 5.70. The maximum absolute atomic E-state index is 13.4. The van der Waals surface area contributed by atoms with Gasteiger partial charge in [-0.05, 0) is 31.4 Å². The van der Waals surface area contributed by atoms with Crippen LogP contribution in [0.2, 0.25) is 0 Å². The van der Waals surface area contributed by atoms with Crippen LogP contribution in [0.4, 0.5) is 13.2 Å². The first-order valence-corrected chi connectivity index (χ1v) is 11.5. The summed E-state index contributed by atoms with van der Waals surface area (Å²) in [5, 5.41) is 9.63. The van der Waals surface area contributed by atoms with Gasteiger partial charge in [0.1, 0.15) is 12.6 Å². The number of hydrogen-bond donors (Lipinski definition) is 1. The van der Waals surface area contributed by atoms with Crippen molar-refractivity contribution >= 4 is 21.7 Å². The molecule has 1 N–H and O–H groups in total. The number of alkyl halides is 3. The Kier molecular flexibility index (Phi) is 7.09. The Bertz CT molecular complexity index is 1020. The van der Waals surface area contributed by atoms with Crippen molar-refractivity contribution in [3.63, 3.8) is 0 Å². The van der Waals surface area contributed by atoms with Gasteiger partial charge in [0.25, 0.3) is 0 Å². The zero-order valence-corrected chi connectivity index (χ0v) is 17.8. The quantitative estimate of drug-likeness (QED) is 0.648. The van der Waals surface area contributed by atoms with E-state index in [1.54, 1.807) is 6.07 Å². The molecule has 2 unspecified atom stereocenters. The molecule has 2 atom stereocenters. The van der Waals surface area contributed by atoms with E-state index in [-0.39, 0.29) is 13.0 Å². The maximum Gasteiger partial charge on any atom is 0.417 e. The molecule has 2 aliphatic heterocycles. The summed E-state index contributed by atoms with van der Waals surface area (Å²) in [6, 6.07) is 4.38. The smallest absolute Gasteiger partial charge is 0.381 e. The number of carbonyl (C=O) groups is 2. The summed E-state index contributed by atoms with van der Waals surface area (Å²) in [5.41, 5.74) is -1.29. The lowest BCUT2D eigenvalue weighted by atomic mass is 9.98. The number of carbonyl (C=O) groups excluding carboxylic acids is 2. The average Bonchev–Trinajstić information content (AvgIpc) is 3.23. The van der Waals surface area contributed by atoms with Crippen LogP contribution in [-0.4, -0.2) is 62.7 Å². The minimum Gasteiger partial charge on any atom is -0.381 e. The van der Waals surface area contributed by atoms with Crippen molar-refractivity contribution in [3.8, 4) is 6.07 Å². The van der Waals surface area contributed by atoms with E-state index in [0.717, 1.165) is 17.0 Å². The van der Waals surface area contributed by atoms with Gasteiger partial charge in [-0.25, -0.2) is 8.42 Å². The zero-order valence-electron chi connectivity index (χ0n) is 17.0. The highest BCUT2D eigenvalue weighted by Gasteiger charge is 2.48. The Morgan fingerprint density at radius 2 is 1.88 bits per heavy atom. The molecule has 2 heterocycles. The molecule has 0 radical (unpaired) electrons. The summed E-state index contributed by atoms with van der Waals surface area (Å²) >= 11 is 0. The molecule has 1 aromatic rings. The molecule has 2 fully saturated rings. The third-order valence-corrected chi connectivity index (χ3v) is 7.89. The highest BCUT2D eigenvalue weighted by molar-refractivity contribution is 7.92. The van der Waals surface area contributed by atoms with Gasteiger partial charge >= 0.3 is 6.18 Å². The third kappa shape index (κ3) is 4.88. The standard InChI is InChI=1S/C20H22F3N3O5S/c21-20(22,23)15-3-1-2-4-17(15)32(29,30)14-11-16(18(27)25-8-7-24)26(12-14)19(28)13-5-9-31-10-6-13/h1-4,13-14,16H,5-6,8-12H2,(H,25,27). The topological polar surface area (TPSA) is 117 Å². The van der Waals surface area contributed by atoms with Gasteiger partial charge in [0.15, 0.2) is 9.84 Å². The number of rotatable bonds is 5. The molecule has 0 aromatic heterocycles. The molecule has 0 aliphatic carbocycles. The summed E-state index contributed by atoms with van der Waals surface area (Å²) in [4.78, 5) is 25.9. The predicted molar refractivity (Wildman–Crippen MR) is 105 cm³/mol. The van der Waals surface area contributed by atoms with Crippen LogP contribution in [0.5, 0.6) is 0 Å². The van der Waals surface area contributed by atoms with Gasteiger partial charge < -0.3 is 15.0 Å². The number of nitrogens with zero attached hydrogens (tertiary/aromatic N) is 2. The van der Waals surface area contributed by atoms with Gasteiger partial charge in [-0.3, -0.25) is 9.59 Å². The van der Waals surface area contributed by atoms with Gasteiger partial charge in [0, 0.05) is 25.7 Å². The van der Waals surface area contributed by atoms with E-state index in [2.05, 4.69) is 5.32 Å². The highest BCUT2D eigenvalue weighted by atomic mass is 32.2. The van der Waals surface area contributed by atoms with Crippen LogP contribution in [0.25, 0.3) is 0 Å². The molecule has 2 saturated heterocycles. The SMILES string of the molecule is N#CCNC(=O)C1CC(S(=O)(=O)c2ccccc2C(F)(F)F)CN1C(=O)C1CCOCC1. The first-order valence-electron chi connectivity index (χ1n) is 10.0. The summed E-state index contributed by atoms with van der Waals surface area (Å²) in [6.45, 7) is -0.0647. The summed E-state index contributed by atoms with van der Waals surface area (Å²) < 4.78 is 71.9. The van der Waals surface area contributed by atoms with Crippen LogP contribution in [-0.2, 0) is 30.3 Å². The van der Waals surface area contributed by atoms with E-state index in [0.29, 0.717) is 32.1 Å². The largest absolute Gasteiger partial charge is 0.417 e. The van der Waals surface area contributed by atoms with Crippen LogP contribution < -0.4 is 5.32 Å². The van der Waals surface area contributed by atoms with Crippen molar-refractivity contribution in [2.24, 2.45) is 5.92 Å². The van der Waals surface area contributed by atoms with Crippen molar-refractivity contribution in [1.29, 1.82) is 5.26 Å². The predicted octanol–water partition coefficient (Wildman–Crippen LogP) is 1.51. The van der Waals surface area contributed by atoms with E-state index in [9.17, 15) is 31.2 Å². The van der Waals surface area contributed by atoms with Gasteiger partial charge in [-0.1, -0.05) is 12.1 Å². The Balaban J connectivity index is 1.93. The molecule has 8 nitrogen and oxygen atoms in total. The Morgan fingerprint density at radius 1 is 1.22 bits per heavy atom. The minimum absolute atomic E-state index is 0.343. The van der Waals surface area contributed by atoms with E-state index in [1.165, 1.54) is 6.07 Å². The molecule has 0 saturated carbocycles. The van der Waals surface area contributed by atoms with Crippen LogP contribution in [0, 0.1) is 17.2 Å². The molecule has 0 spiro atoms. The second-order valence-electron chi connectivity index (χ2n) is 7.67. The van der Waals surface area contributed by atoms with Gasteiger partial charge in [0.05, 0.1) is 21.8 Å². The van der Waals surface area contributed by atoms with Crippen molar-refractivity contribution in [3.05, 3.63) is 29.8 Å². The number of amides is 2. The fourth-order valence-corrected chi connectivity index (χ4v) is 5.98. The first-order chi connectivity index (χ1) is 15.1. The second-order valence-corrected chi connectivity index (χ2v) is 9.86. The van der Waals surface area contributed by atoms with Crippen molar-refractivity contribution < 1.29 is 35.9 Å². The van der Waals surface area contributed by atoms with Crippen molar-refractivity contribution in [2.75, 3.05) is 26.3 Å². The molecule has 0 bridgehead atoms. The molecule has 2 aliphatic rings. The summed E-state index contributed by atoms with van der Waals surface area (Å²) in [6.07, 6.45) is -4.45. The zero-order chi connectivity index (χ0) is 23.5. The normalized spacial score (nSPS) is 22.4.